The van der Waals surface area contributed by atoms with Gasteiger partial charge in [0.05, 0.1) is 22.3 Å². The molecule has 1 heterocycles. The van der Waals surface area contributed by atoms with Gasteiger partial charge in [-0.2, -0.15) is 10.4 Å². The number of hydrogen-bond acceptors (Lipinski definition) is 3. The second kappa shape index (κ2) is 6.18. The first-order valence-corrected chi connectivity index (χ1v) is 6.60. The monoisotopic (exact) mass is 298 g/mol. The maximum absolute atomic E-state index is 9.03. The standard InChI is InChI=1S/C12H19BrN4/c1-8(2)15-11(7-14)5-6-17-10(4)12(13)9(3)16-17/h8,11,15H,5-6H2,1-4H3. The van der Waals surface area contributed by atoms with Gasteiger partial charge in [-0.25, -0.2) is 0 Å². The Kier molecular flexibility index (Phi) is 5.16. The van der Waals surface area contributed by atoms with Crippen molar-refractivity contribution in [3.63, 3.8) is 0 Å². The molecule has 0 spiro atoms. The smallest absolute Gasteiger partial charge is 0.0972 e. The zero-order valence-electron chi connectivity index (χ0n) is 10.8. The molecule has 5 heteroatoms. The second-order valence-electron chi connectivity index (χ2n) is 4.50. The van der Waals surface area contributed by atoms with Crippen LogP contribution < -0.4 is 5.32 Å². The molecular formula is C12H19BrN4. The summed E-state index contributed by atoms with van der Waals surface area (Å²) < 4.78 is 3.01. The van der Waals surface area contributed by atoms with Crippen LogP contribution in [0.2, 0.25) is 0 Å². The Hall–Kier alpha value is -0.860. The topological polar surface area (TPSA) is 53.6 Å². The van der Waals surface area contributed by atoms with Gasteiger partial charge in [0.15, 0.2) is 0 Å². The van der Waals surface area contributed by atoms with E-state index in [1.165, 1.54) is 0 Å². The molecule has 0 fully saturated rings. The van der Waals surface area contributed by atoms with Crippen LogP contribution >= 0.6 is 15.9 Å². The third-order valence-electron chi connectivity index (χ3n) is 2.61. The van der Waals surface area contributed by atoms with Gasteiger partial charge in [-0.3, -0.25) is 10.00 Å². The van der Waals surface area contributed by atoms with Crippen molar-refractivity contribution in [1.29, 1.82) is 5.26 Å². The van der Waals surface area contributed by atoms with Crippen LogP contribution in [0.5, 0.6) is 0 Å². The largest absolute Gasteiger partial charge is 0.300 e. The molecule has 4 nitrogen and oxygen atoms in total. The molecule has 1 N–H and O–H groups in total. The van der Waals surface area contributed by atoms with E-state index in [0.717, 1.165) is 28.8 Å². The lowest BCUT2D eigenvalue weighted by Gasteiger charge is -2.14. The third-order valence-corrected chi connectivity index (χ3v) is 3.76. The van der Waals surface area contributed by atoms with E-state index in [1.807, 2.05) is 32.4 Å². The lowest BCUT2D eigenvalue weighted by molar-refractivity contribution is 0.457. The molecular weight excluding hydrogens is 280 g/mol. The number of nitrogens with one attached hydrogen (secondary N) is 1. The van der Waals surface area contributed by atoms with Crippen LogP contribution in [-0.4, -0.2) is 21.9 Å². The zero-order valence-corrected chi connectivity index (χ0v) is 12.4. The fraction of sp³-hybridized carbons (Fsp3) is 0.667. The molecule has 1 rings (SSSR count). The Morgan fingerprint density at radius 1 is 1.47 bits per heavy atom. The van der Waals surface area contributed by atoms with E-state index in [4.69, 9.17) is 5.26 Å². The van der Waals surface area contributed by atoms with Crippen molar-refractivity contribution < 1.29 is 0 Å². The minimum absolute atomic E-state index is 0.113. The Morgan fingerprint density at radius 3 is 2.53 bits per heavy atom. The van der Waals surface area contributed by atoms with Crippen LogP contribution in [0.15, 0.2) is 4.47 Å². The lowest BCUT2D eigenvalue weighted by atomic mass is 10.2. The maximum atomic E-state index is 9.03. The highest BCUT2D eigenvalue weighted by Crippen LogP contribution is 2.19. The highest BCUT2D eigenvalue weighted by molar-refractivity contribution is 9.10. The third kappa shape index (κ3) is 3.83. The van der Waals surface area contributed by atoms with E-state index in [9.17, 15) is 0 Å². The average Bonchev–Trinajstić information content (AvgIpc) is 2.51. The van der Waals surface area contributed by atoms with Crippen molar-refractivity contribution in [2.24, 2.45) is 0 Å². The van der Waals surface area contributed by atoms with Crippen molar-refractivity contribution in [3.05, 3.63) is 15.9 Å². The van der Waals surface area contributed by atoms with Gasteiger partial charge in [0.25, 0.3) is 0 Å². The fourth-order valence-electron chi connectivity index (χ4n) is 1.73. The summed E-state index contributed by atoms with van der Waals surface area (Å²) in [5.41, 5.74) is 2.11. The molecule has 0 aromatic carbocycles. The number of halogens is 1. The Morgan fingerprint density at radius 2 is 2.12 bits per heavy atom. The number of aryl methyl sites for hydroxylation is 2. The van der Waals surface area contributed by atoms with Crippen molar-refractivity contribution in [2.45, 2.75) is 52.7 Å². The predicted octanol–water partition coefficient (Wildman–Crippen LogP) is 2.54. The van der Waals surface area contributed by atoms with Crippen LogP contribution in [0.3, 0.4) is 0 Å². The summed E-state index contributed by atoms with van der Waals surface area (Å²) in [7, 11) is 0. The highest BCUT2D eigenvalue weighted by atomic mass is 79.9. The Balaban J connectivity index is 2.60. The van der Waals surface area contributed by atoms with Gasteiger partial charge in [0.2, 0.25) is 0 Å². The van der Waals surface area contributed by atoms with Gasteiger partial charge < -0.3 is 0 Å². The van der Waals surface area contributed by atoms with Crippen LogP contribution in [0.4, 0.5) is 0 Å². The SMILES string of the molecule is Cc1nn(CCC(C#N)NC(C)C)c(C)c1Br. The van der Waals surface area contributed by atoms with Crippen molar-refractivity contribution >= 4 is 15.9 Å². The minimum Gasteiger partial charge on any atom is -0.300 e. The van der Waals surface area contributed by atoms with Crippen molar-refractivity contribution in [3.8, 4) is 6.07 Å². The number of nitriles is 1. The molecule has 0 saturated carbocycles. The first kappa shape index (κ1) is 14.2. The number of aromatic nitrogens is 2. The number of rotatable bonds is 5. The van der Waals surface area contributed by atoms with E-state index < -0.39 is 0 Å². The van der Waals surface area contributed by atoms with Gasteiger partial charge in [0.1, 0.15) is 0 Å². The first-order chi connectivity index (χ1) is 7.95. The molecule has 1 unspecified atom stereocenters. The molecule has 17 heavy (non-hydrogen) atoms. The maximum Gasteiger partial charge on any atom is 0.0972 e. The van der Waals surface area contributed by atoms with E-state index in [1.54, 1.807) is 0 Å². The molecule has 94 valence electrons. The molecule has 0 saturated heterocycles. The first-order valence-electron chi connectivity index (χ1n) is 5.81. The Labute approximate surface area is 111 Å². The summed E-state index contributed by atoms with van der Waals surface area (Å²) in [6.07, 6.45) is 0.767. The predicted molar refractivity (Wildman–Crippen MR) is 71.7 cm³/mol. The van der Waals surface area contributed by atoms with Gasteiger partial charge in [-0.1, -0.05) is 0 Å². The lowest BCUT2D eigenvalue weighted by Crippen LogP contribution is -2.34. The van der Waals surface area contributed by atoms with Gasteiger partial charge in [-0.05, 0) is 50.0 Å². The summed E-state index contributed by atoms with van der Waals surface area (Å²) in [6.45, 7) is 8.85. The highest BCUT2D eigenvalue weighted by Gasteiger charge is 2.12. The molecule has 0 amide bonds. The van der Waals surface area contributed by atoms with E-state index in [-0.39, 0.29) is 6.04 Å². The Bertz CT molecular complexity index is 417. The van der Waals surface area contributed by atoms with Crippen LogP contribution in [0.25, 0.3) is 0 Å². The van der Waals surface area contributed by atoms with Crippen LogP contribution in [-0.2, 0) is 6.54 Å². The van der Waals surface area contributed by atoms with Gasteiger partial charge >= 0.3 is 0 Å². The molecule has 0 aliphatic heterocycles. The molecule has 0 radical (unpaired) electrons. The van der Waals surface area contributed by atoms with Crippen LogP contribution in [0.1, 0.15) is 31.7 Å². The minimum atomic E-state index is -0.113. The van der Waals surface area contributed by atoms with E-state index in [2.05, 4.69) is 32.4 Å². The average molecular weight is 299 g/mol. The van der Waals surface area contributed by atoms with E-state index in [0.29, 0.717) is 6.04 Å². The molecule has 0 bridgehead atoms. The summed E-state index contributed by atoms with van der Waals surface area (Å²) in [5.74, 6) is 0. The summed E-state index contributed by atoms with van der Waals surface area (Å²) in [4.78, 5) is 0. The van der Waals surface area contributed by atoms with Crippen LogP contribution in [0, 0.1) is 25.2 Å². The molecule has 1 aromatic rings. The molecule has 1 atom stereocenters. The normalized spacial score (nSPS) is 12.8. The second-order valence-corrected chi connectivity index (χ2v) is 5.29. The van der Waals surface area contributed by atoms with Crippen molar-refractivity contribution in [2.75, 3.05) is 0 Å². The zero-order chi connectivity index (χ0) is 13.0. The number of hydrogen-bond donors (Lipinski definition) is 1. The quantitative estimate of drug-likeness (QED) is 0.909. The fourth-order valence-corrected chi connectivity index (χ4v) is 2.02. The van der Waals surface area contributed by atoms with Crippen molar-refractivity contribution in [1.82, 2.24) is 15.1 Å². The molecule has 0 aliphatic rings. The van der Waals surface area contributed by atoms with Gasteiger partial charge in [-0.15, -0.1) is 0 Å². The van der Waals surface area contributed by atoms with E-state index >= 15 is 0 Å². The molecule has 0 aliphatic carbocycles. The summed E-state index contributed by atoms with van der Waals surface area (Å²) in [5, 5.41) is 16.7. The van der Waals surface area contributed by atoms with Gasteiger partial charge in [0, 0.05) is 18.3 Å². The molecule has 1 aromatic heterocycles. The summed E-state index contributed by atoms with van der Waals surface area (Å²) >= 11 is 3.50. The summed E-state index contributed by atoms with van der Waals surface area (Å²) in [6, 6.07) is 2.49. The number of nitrogens with zero attached hydrogens (tertiary/aromatic N) is 3.